The highest BCUT2D eigenvalue weighted by Gasteiger charge is 2.10. The van der Waals surface area contributed by atoms with Crippen molar-refractivity contribution in [3.63, 3.8) is 0 Å². The molecule has 2 aromatic heterocycles. The SMILES string of the molecule is O=C(NCC#Cc1cccc(Cl)c1)c1cc(-c2cccs2)[nH]n1. The van der Waals surface area contributed by atoms with Crippen LogP contribution in [0.15, 0.2) is 47.8 Å². The quantitative estimate of drug-likeness (QED) is 0.715. The van der Waals surface area contributed by atoms with Crippen LogP contribution in [0.2, 0.25) is 5.02 Å². The van der Waals surface area contributed by atoms with E-state index in [1.807, 2.05) is 29.6 Å². The van der Waals surface area contributed by atoms with Gasteiger partial charge in [-0.3, -0.25) is 9.89 Å². The van der Waals surface area contributed by atoms with Crippen molar-refractivity contribution in [2.24, 2.45) is 0 Å². The fraction of sp³-hybridized carbons (Fsp3) is 0.0588. The first-order chi connectivity index (χ1) is 11.2. The summed E-state index contributed by atoms with van der Waals surface area (Å²) in [7, 11) is 0. The van der Waals surface area contributed by atoms with Crippen molar-refractivity contribution in [2.75, 3.05) is 6.54 Å². The zero-order valence-electron chi connectivity index (χ0n) is 12.0. The van der Waals surface area contributed by atoms with Gasteiger partial charge in [-0.25, -0.2) is 0 Å². The molecule has 0 spiro atoms. The van der Waals surface area contributed by atoms with E-state index in [0.29, 0.717) is 10.7 Å². The molecule has 6 heteroatoms. The van der Waals surface area contributed by atoms with E-state index in [-0.39, 0.29) is 12.5 Å². The molecular formula is C17H12ClN3OS. The monoisotopic (exact) mass is 341 g/mol. The van der Waals surface area contributed by atoms with Gasteiger partial charge in [0.15, 0.2) is 5.69 Å². The molecule has 114 valence electrons. The summed E-state index contributed by atoms with van der Waals surface area (Å²) in [6.07, 6.45) is 0. The van der Waals surface area contributed by atoms with E-state index >= 15 is 0 Å². The lowest BCUT2D eigenvalue weighted by molar-refractivity contribution is 0.0953. The van der Waals surface area contributed by atoms with Crippen molar-refractivity contribution in [3.05, 3.63) is 64.1 Å². The van der Waals surface area contributed by atoms with Crippen LogP contribution in [-0.4, -0.2) is 22.6 Å². The Bertz CT molecular complexity index is 875. The van der Waals surface area contributed by atoms with Gasteiger partial charge in [0.25, 0.3) is 5.91 Å². The molecule has 0 saturated heterocycles. The molecule has 0 aliphatic carbocycles. The third-order valence-corrected chi connectivity index (χ3v) is 4.13. The average Bonchev–Trinajstić information content (AvgIpc) is 3.21. The zero-order chi connectivity index (χ0) is 16.1. The van der Waals surface area contributed by atoms with E-state index < -0.39 is 0 Å². The summed E-state index contributed by atoms with van der Waals surface area (Å²) < 4.78 is 0. The van der Waals surface area contributed by atoms with Crippen molar-refractivity contribution < 1.29 is 4.79 Å². The molecule has 2 N–H and O–H groups in total. The molecule has 4 nitrogen and oxygen atoms in total. The summed E-state index contributed by atoms with van der Waals surface area (Å²) in [5, 5.41) is 12.2. The van der Waals surface area contributed by atoms with Crippen molar-refractivity contribution in [1.82, 2.24) is 15.5 Å². The van der Waals surface area contributed by atoms with Crippen molar-refractivity contribution in [3.8, 4) is 22.4 Å². The van der Waals surface area contributed by atoms with E-state index in [4.69, 9.17) is 11.6 Å². The molecule has 1 aromatic carbocycles. The summed E-state index contributed by atoms with van der Waals surface area (Å²) in [6.45, 7) is 0.243. The van der Waals surface area contributed by atoms with E-state index in [2.05, 4.69) is 27.4 Å². The third kappa shape index (κ3) is 4.01. The molecule has 0 fully saturated rings. The van der Waals surface area contributed by atoms with E-state index in [0.717, 1.165) is 16.1 Å². The number of benzene rings is 1. The van der Waals surface area contributed by atoms with E-state index in [1.165, 1.54) is 0 Å². The number of carbonyl (C=O) groups excluding carboxylic acids is 1. The Morgan fingerprint density at radius 3 is 3.00 bits per heavy atom. The first-order valence-corrected chi connectivity index (χ1v) is 8.10. The van der Waals surface area contributed by atoms with Crippen molar-refractivity contribution >= 4 is 28.8 Å². The zero-order valence-corrected chi connectivity index (χ0v) is 13.5. The Morgan fingerprint density at radius 2 is 2.22 bits per heavy atom. The summed E-state index contributed by atoms with van der Waals surface area (Å²) in [6, 6.07) is 12.9. The summed E-state index contributed by atoms with van der Waals surface area (Å²) in [4.78, 5) is 13.1. The second-order valence-corrected chi connectivity index (χ2v) is 6.02. The first-order valence-electron chi connectivity index (χ1n) is 6.84. The summed E-state index contributed by atoms with van der Waals surface area (Å²) in [5.41, 5.74) is 1.99. The predicted molar refractivity (Wildman–Crippen MR) is 92.6 cm³/mol. The van der Waals surface area contributed by atoms with Crippen LogP contribution in [0.4, 0.5) is 0 Å². The molecule has 0 atom stereocenters. The smallest absolute Gasteiger partial charge is 0.272 e. The molecule has 0 aliphatic rings. The lowest BCUT2D eigenvalue weighted by atomic mass is 10.2. The highest BCUT2D eigenvalue weighted by Crippen LogP contribution is 2.22. The van der Waals surface area contributed by atoms with Crippen LogP contribution in [0.5, 0.6) is 0 Å². The van der Waals surface area contributed by atoms with Gasteiger partial charge in [-0.1, -0.05) is 35.6 Å². The molecule has 3 rings (SSSR count). The number of nitrogens with zero attached hydrogens (tertiary/aromatic N) is 1. The van der Waals surface area contributed by atoms with Gasteiger partial charge in [-0.2, -0.15) is 5.10 Å². The molecule has 3 aromatic rings. The molecule has 23 heavy (non-hydrogen) atoms. The minimum Gasteiger partial charge on any atom is -0.340 e. The molecule has 1 amide bonds. The maximum atomic E-state index is 12.0. The number of carbonyl (C=O) groups is 1. The minimum absolute atomic E-state index is 0.243. The second-order valence-electron chi connectivity index (χ2n) is 4.64. The Balaban J connectivity index is 1.58. The average molecular weight is 342 g/mol. The number of hydrogen-bond acceptors (Lipinski definition) is 3. The number of hydrogen-bond donors (Lipinski definition) is 2. The van der Waals surface area contributed by atoms with Gasteiger partial charge in [0.1, 0.15) is 0 Å². The minimum atomic E-state index is -0.260. The van der Waals surface area contributed by atoms with Crippen LogP contribution in [0, 0.1) is 11.8 Å². The Labute approximate surface area is 142 Å². The van der Waals surface area contributed by atoms with Crippen LogP contribution >= 0.6 is 22.9 Å². The third-order valence-electron chi connectivity index (χ3n) is 2.99. The lowest BCUT2D eigenvalue weighted by Gasteiger charge is -1.96. The molecular weight excluding hydrogens is 330 g/mol. The lowest BCUT2D eigenvalue weighted by Crippen LogP contribution is -2.23. The van der Waals surface area contributed by atoms with E-state index in [1.54, 1.807) is 29.5 Å². The Hall–Kier alpha value is -2.55. The maximum absolute atomic E-state index is 12.0. The van der Waals surface area contributed by atoms with Crippen LogP contribution in [0.1, 0.15) is 16.1 Å². The number of amides is 1. The summed E-state index contributed by atoms with van der Waals surface area (Å²) in [5.74, 6) is 5.57. The second kappa shape index (κ2) is 7.14. The standard InChI is InChI=1S/C17H12ClN3OS/c18-13-6-1-4-12(10-13)5-2-8-19-17(22)15-11-14(20-21-15)16-7-3-9-23-16/h1,3-4,6-7,9-11H,8H2,(H,19,22)(H,20,21). The highest BCUT2D eigenvalue weighted by atomic mass is 35.5. The Kier molecular flexibility index (Phi) is 4.77. The van der Waals surface area contributed by atoms with Gasteiger partial charge < -0.3 is 5.32 Å². The van der Waals surface area contributed by atoms with Gasteiger partial charge in [0, 0.05) is 10.6 Å². The maximum Gasteiger partial charge on any atom is 0.272 e. The van der Waals surface area contributed by atoms with Gasteiger partial charge in [-0.15, -0.1) is 11.3 Å². The molecule has 0 aliphatic heterocycles. The fourth-order valence-corrected chi connectivity index (χ4v) is 2.81. The normalized spacial score (nSPS) is 9.96. The first kappa shape index (κ1) is 15.3. The number of rotatable bonds is 3. The number of halogens is 1. The fourth-order valence-electron chi connectivity index (χ4n) is 1.92. The molecule has 0 unspecified atom stereocenters. The molecule has 0 bridgehead atoms. The number of nitrogens with one attached hydrogen (secondary N) is 2. The molecule has 2 heterocycles. The van der Waals surface area contributed by atoms with Gasteiger partial charge >= 0.3 is 0 Å². The largest absolute Gasteiger partial charge is 0.340 e. The number of thiophene rings is 1. The number of aromatic amines is 1. The van der Waals surface area contributed by atoms with Crippen LogP contribution < -0.4 is 5.32 Å². The van der Waals surface area contributed by atoms with Crippen LogP contribution in [-0.2, 0) is 0 Å². The van der Waals surface area contributed by atoms with Gasteiger partial charge in [0.2, 0.25) is 0 Å². The number of aromatic nitrogens is 2. The Morgan fingerprint density at radius 1 is 1.30 bits per heavy atom. The predicted octanol–water partition coefficient (Wildman–Crippen LogP) is 3.57. The van der Waals surface area contributed by atoms with Gasteiger partial charge in [0.05, 0.1) is 17.1 Å². The van der Waals surface area contributed by atoms with Crippen LogP contribution in [0.3, 0.4) is 0 Å². The number of H-pyrrole nitrogens is 1. The van der Waals surface area contributed by atoms with E-state index in [9.17, 15) is 4.79 Å². The van der Waals surface area contributed by atoms with Crippen molar-refractivity contribution in [2.45, 2.75) is 0 Å². The molecule has 0 saturated carbocycles. The summed E-state index contributed by atoms with van der Waals surface area (Å²) >= 11 is 7.47. The van der Waals surface area contributed by atoms with Gasteiger partial charge in [-0.05, 0) is 35.7 Å². The van der Waals surface area contributed by atoms with Crippen LogP contribution in [0.25, 0.3) is 10.6 Å². The van der Waals surface area contributed by atoms with Crippen molar-refractivity contribution in [1.29, 1.82) is 0 Å². The molecule has 0 radical (unpaired) electrons. The topological polar surface area (TPSA) is 57.8 Å². The highest BCUT2D eigenvalue weighted by molar-refractivity contribution is 7.13.